The number of benzene rings is 3. The Labute approximate surface area is 226 Å². The predicted octanol–water partition coefficient (Wildman–Crippen LogP) is 3.39. The smallest absolute Gasteiger partial charge is 0.309 e. The Morgan fingerprint density at radius 2 is 1.62 bits per heavy atom. The second-order valence-electron chi connectivity index (χ2n) is 10.0. The van der Waals surface area contributed by atoms with E-state index in [0.29, 0.717) is 35.7 Å². The molecule has 0 unspecified atom stereocenters. The third kappa shape index (κ3) is 5.07. The van der Waals surface area contributed by atoms with Crippen LogP contribution in [0.5, 0.6) is 28.7 Å². The van der Waals surface area contributed by atoms with Crippen molar-refractivity contribution in [1.82, 2.24) is 0 Å². The zero-order valence-corrected chi connectivity index (χ0v) is 21.8. The van der Waals surface area contributed by atoms with Gasteiger partial charge in [-0.25, -0.2) is 0 Å². The first kappa shape index (κ1) is 26.6. The SMILES string of the molecule is COc1cc(C[C@H]2C(=O)OC[C@@H]2Cc2cc(OC)c3c(c2)[C@H](CO)[C@@H](c2ccc(O)c(CO)c2)O3)ccc1O. The van der Waals surface area contributed by atoms with Crippen LogP contribution in [0.2, 0.25) is 0 Å². The van der Waals surface area contributed by atoms with Crippen LogP contribution in [-0.4, -0.2) is 53.8 Å². The number of carbonyl (C=O) groups excluding carboxylic acids is 1. The van der Waals surface area contributed by atoms with Crippen molar-refractivity contribution in [2.75, 3.05) is 27.4 Å². The molecule has 2 aliphatic heterocycles. The molecule has 3 aromatic rings. The first-order valence-corrected chi connectivity index (χ1v) is 12.8. The molecule has 39 heavy (non-hydrogen) atoms. The van der Waals surface area contributed by atoms with E-state index in [1.807, 2.05) is 12.1 Å². The number of aromatic hydroxyl groups is 2. The minimum atomic E-state index is -0.534. The van der Waals surface area contributed by atoms with Crippen molar-refractivity contribution in [2.45, 2.75) is 31.5 Å². The van der Waals surface area contributed by atoms with Crippen molar-refractivity contribution in [3.63, 3.8) is 0 Å². The molecule has 9 heteroatoms. The number of hydrogen-bond acceptors (Lipinski definition) is 9. The maximum Gasteiger partial charge on any atom is 0.309 e. The molecule has 9 nitrogen and oxygen atoms in total. The number of ether oxygens (including phenoxy) is 4. The number of hydrogen-bond donors (Lipinski definition) is 4. The first-order valence-electron chi connectivity index (χ1n) is 12.8. The van der Waals surface area contributed by atoms with E-state index in [1.165, 1.54) is 13.2 Å². The fourth-order valence-electron chi connectivity index (χ4n) is 5.59. The van der Waals surface area contributed by atoms with Gasteiger partial charge in [0, 0.05) is 17.0 Å². The average Bonchev–Trinajstić information content (AvgIpc) is 3.49. The summed E-state index contributed by atoms with van der Waals surface area (Å²) in [6.45, 7) is -0.217. The number of rotatable bonds is 9. The third-order valence-corrected chi connectivity index (χ3v) is 7.68. The molecule has 5 rings (SSSR count). The molecule has 4 atom stereocenters. The Morgan fingerprint density at radius 3 is 2.33 bits per heavy atom. The van der Waals surface area contributed by atoms with E-state index >= 15 is 0 Å². The van der Waals surface area contributed by atoms with Crippen LogP contribution in [0.4, 0.5) is 0 Å². The van der Waals surface area contributed by atoms with Gasteiger partial charge in [0.25, 0.3) is 0 Å². The fourth-order valence-corrected chi connectivity index (χ4v) is 5.59. The molecule has 1 fully saturated rings. The fraction of sp³-hybridized carbons (Fsp3) is 0.367. The van der Waals surface area contributed by atoms with Crippen LogP contribution in [0.1, 0.15) is 39.8 Å². The van der Waals surface area contributed by atoms with Crippen molar-refractivity contribution in [1.29, 1.82) is 0 Å². The first-order chi connectivity index (χ1) is 18.9. The van der Waals surface area contributed by atoms with Crippen LogP contribution >= 0.6 is 0 Å². The molecule has 0 bridgehead atoms. The van der Waals surface area contributed by atoms with Crippen molar-refractivity contribution in [3.8, 4) is 28.7 Å². The second kappa shape index (κ2) is 11.0. The summed E-state index contributed by atoms with van der Waals surface area (Å²) in [5, 5.41) is 39.8. The van der Waals surface area contributed by atoms with E-state index < -0.39 is 12.0 Å². The minimum Gasteiger partial charge on any atom is -0.508 e. The third-order valence-electron chi connectivity index (χ3n) is 7.68. The lowest BCUT2D eigenvalue weighted by Gasteiger charge is -2.19. The van der Waals surface area contributed by atoms with Gasteiger partial charge in [-0.05, 0) is 59.9 Å². The summed E-state index contributed by atoms with van der Waals surface area (Å²) in [6, 6.07) is 13.8. The molecule has 2 heterocycles. The molecule has 2 aliphatic rings. The van der Waals surface area contributed by atoms with E-state index in [0.717, 1.165) is 22.3 Å². The summed E-state index contributed by atoms with van der Waals surface area (Å²) in [5.41, 5.74) is 3.67. The van der Waals surface area contributed by atoms with Gasteiger partial charge < -0.3 is 39.4 Å². The number of phenolic OH excluding ortho intramolecular Hbond substituents is 1. The molecule has 3 aromatic carbocycles. The standard InChI is InChI=1S/C30H32O9/c1-36-26-10-16(3-5-25(26)34)8-21-20(15-38-30(21)35)7-17-9-22-23(14-32)28(39-29(22)27(11-17)37-2)18-4-6-24(33)19(12-18)13-31/h3-6,9-12,20-21,23,28,31-34H,7-8,13-15H2,1-2H3/t20-,21+,23-,28+/m0/s1. The van der Waals surface area contributed by atoms with Crippen LogP contribution in [0.3, 0.4) is 0 Å². The summed E-state index contributed by atoms with van der Waals surface area (Å²) in [4.78, 5) is 12.7. The van der Waals surface area contributed by atoms with Gasteiger partial charge in [0.1, 0.15) is 11.9 Å². The summed E-state index contributed by atoms with van der Waals surface area (Å²) in [7, 11) is 3.03. The Morgan fingerprint density at radius 1 is 0.872 bits per heavy atom. The van der Waals surface area contributed by atoms with E-state index in [9.17, 15) is 25.2 Å². The number of aliphatic hydroxyl groups is 2. The molecule has 0 radical (unpaired) electrons. The Kier molecular flexibility index (Phi) is 7.54. The highest BCUT2D eigenvalue weighted by molar-refractivity contribution is 5.75. The molecule has 0 aliphatic carbocycles. The quantitative estimate of drug-likeness (QED) is 0.304. The molecule has 0 amide bonds. The van der Waals surface area contributed by atoms with Gasteiger partial charge in [0.2, 0.25) is 0 Å². The van der Waals surface area contributed by atoms with Gasteiger partial charge in [-0.15, -0.1) is 0 Å². The lowest BCUT2D eigenvalue weighted by molar-refractivity contribution is -0.141. The molecule has 206 valence electrons. The van der Waals surface area contributed by atoms with Crippen molar-refractivity contribution in [2.24, 2.45) is 11.8 Å². The monoisotopic (exact) mass is 536 g/mol. The number of cyclic esters (lactones) is 1. The zero-order valence-electron chi connectivity index (χ0n) is 21.8. The van der Waals surface area contributed by atoms with Crippen molar-refractivity contribution >= 4 is 5.97 Å². The van der Waals surface area contributed by atoms with Gasteiger partial charge in [0.15, 0.2) is 23.0 Å². The predicted molar refractivity (Wildman–Crippen MR) is 140 cm³/mol. The molecular formula is C30H32O9. The van der Waals surface area contributed by atoms with Gasteiger partial charge in [-0.1, -0.05) is 18.2 Å². The van der Waals surface area contributed by atoms with Crippen LogP contribution in [0, 0.1) is 11.8 Å². The van der Waals surface area contributed by atoms with Crippen molar-refractivity contribution < 1.29 is 44.2 Å². The summed E-state index contributed by atoms with van der Waals surface area (Å²) >= 11 is 0. The number of methoxy groups -OCH3 is 2. The van der Waals surface area contributed by atoms with E-state index in [4.69, 9.17) is 18.9 Å². The summed E-state index contributed by atoms with van der Waals surface area (Å²) in [5.74, 6) is 0.324. The summed E-state index contributed by atoms with van der Waals surface area (Å²) in [6.07, 6.45) is 0.459. The number of fused-ring (bicyclic) bond motifs is 1. The van der Waals surface area contributed by atoms with E-state index in [1.54, 1.807) is 37.4 Å². The largest absolute Gasteiger partial charge is 0.508 e. The highest BCUT2D eigenvalue weighted by Gasteiger charge is 2.40. The second-order valence-corrected chi connectivity index (χ2v) is 10.0. The molecule has 1 saturated heterocycles. The lowest BCUT2D eigenvalue weighted by atomic mass is 9.83. The Hall–Kier alpha value is -3.95. The number of phenols is 2. The molecular weight excluding hydrogens is 504 g/mol. The molecule has 4 N–H and O–H groups in total. The maximum absolute atomic E-state index is 12.7. The lowest BCUT2D eigenvalue weighted by Crippen LogP contribution is -2.21. The van der Waals surface area contributed by atoms with E-state index in [-0.39, 0.29) is 49.1 Å². The maximum atomic E-state index is 12.7. The van der Waals surface area contributed by atoms with Crippen molar-refractivity contribution in [3.05, 3.63) is 76.3 Å². The topological polar surface area (TPSA) is 135 Å². The number of carbonyl (C=O) groups is 1. The van der Waals surface area contributed by atoms with Crippen LogP contribution in [0.15, 0.2) is 48.5 Å². The highest BCUT2D eigenvalue weighted by atomic mass is 16.5. The van der Waals surface area contributed by atoms with Gasteiger partial charge in [-0.2, -0.15) is 0 Å². The summed E-state index contributed by atoms with van der Waals surface area (Å²) < 4.78 is 22.6. The minimum absolute atomic E-state index is 0.00851. The Bertz CT molecular complexity index is 1370. The molecule has 0 aromatic heterocycles. The van der Waals surface area contributed by atoms with Gasteiger partial charge in [-0.3, -0.25) is 4.79 Å². The zero-order chi connectivity index (χ0) is 27.7. The molecule has 0 spiro atoms. The van der Waals surface area contributed by atoms with Gasteiger partial charge in [0.05, 0.1) is 45.9 Å². The van der Waals surface area contributed by atoms with Gasteiger partial charge >= 0.3 is 5.97 Å². The van der Waals surface area contributed by atoms with Crippen LogP contribution in [0.25, 0.3) is 0 Å². The van der Waals surface area contributed by atoms with Crippen LogP contribution in [-0.2, 0) is 29.0 Å². The van der Waals surface area contributed by atoms with E-state index in [2.05, 4.69) is 0 Å². The number of esters is 1. The highest BCUT2D eigenvalue weighted by Crippen LogP contribution is 2.51. The van der Waals surface area contributed by atoms with Crippen LogP contribution < -0.4 is 14.2 Å². The average molecular weight is 537 g/mol. The number of aliphatic hydroxyl groups excluding tert-OH is 2. The Balaban J connectivity index is 1.41. The normalized spacial score (nSPS) is 21.8. The molecule has 0 saturated carbocycles.